The number of hydrogen-bond donors (Lipinski definition) is 1. The Kier molecular flexibility index (Phi) is 3.38. The van der Waals surface area contributed by atoms with Gasteiger partial charge < -0.3 is 9.67 Å². The van der Waals surface area contributed by atoms with Crippen molar-refractivity contribution in [3.8, 4) is 5.69 Å². The minimum absolute atomic E-state index is 0.0708. The summed E-state index contributed by atoms with van der Waals surface area (Å²) in [6.07, 6.45) is 1.00. The van der Waals surface area contributed by atoms with Crippen LogP contribution < -0.4 is 10.7 Å². The maximum absolute atomic E-state index is 9.44. The molecule has 2 aromatic carbocycles. The molecule has 1 aromatic heterocycles. The zero-order chi connectivity index (χ0) is 15.9. The van der Waals surface area contributed by atoms with E-state index in [2.05, 4.69) is 44.9 Å². The van der Waals surface area contributed by atoms with E-state index in [1.54, 1.807) is 0 Å². The van der Waals surface area contributed by atoms with E-state index in [0.717, 1.165) is 33.6 Å². The molecule has 0 unspecified atom stereocenters. The van der Waals surface area contributed by atoms with Gasteiger partial charge in [0, 0.05) is 32.7 Å². The lowest BCUT2D eigenvalue weighted by atomic mass is 10.1. The quantitative estimate of drug-likeness (QED) is 0.733. The fraction of sp³-hybridized carbons (Fsp3) is 0.100. The van der Waals surface area contributed by atoms with Crippen molar-refractivity contribution in [2.45, 2.75) is 13.3 Å². The average Bonchev–Trinajstić information content (AvgIpc) is 2.78. The molecule has 0 saturated carbocycles. The maximum atomic E-state index is 9.44. The first-order valence-electron chi connectivity index (χ1n) is 7.33. The summed E-state index contributed by atoms with van der Waals surface area (Å²) in [6.45, 7) is 14.1. The normalized spacial score (nSPS) is 11.0. The third-order valence-electron chi connectivity index (χ3n) is 4.11. The van der Waals surface area contributed by atoms with Gasteiger partial charge in [-0.1, -0.05) is 38.8 Å². The van der Waals surface area contributed by atoms with Crippen molar-refractivity contribution < 1.29 is 5.11 Å². The summed E-state index contributed by atoms with van der Waals surface area (Å²) >= 11 is 0. The smallest absolute Gasteiger partial charge is 0.115 e. The lowest BCUT2D eigenvalue weighted by Gasteiger charge is -2.06. The second kappa shape index (κ2) is 5.23. The van der Waals surface area contributed by atoms with E-state index in [4.69, 9.17) is 0 Å². The summed E-state index contributed by atoms with van der Waals surface area (Å²) in [5.41, 5.74) is 2.99. The van der Waals surface area contributed by atoms with Crippen molar-refractivity contribution in [2.24, 2.45) is 0 Å². The average molecular weight is 289 g/mol. The SMILES string of the molecule is C=C(O)c1ccc(-n2c(=C)c3ccc(CC)cc3c2=C)cc1. The second-order valence-corrected chi connectivity index (χ2v) is 5.46. The second-order valence-electron chi connectivity index (χ2n) is 5.46. The standard InChI is InChI=1S/C20H19NO/c1-5-16-6-11-19-13(2)21(14(3)20(19)12-16)18-9-7-17(8-10-18)15(4)22/h6-12,22H,2-5H2,1H3. The van der Waals surface area contributed by atoms with Gasteiger partial charge >= 0.3 is 0 Å². The lowest BCUT2D eigenvalue weighted by Crippen LogP contribution is -2.22. The molecule has 0 atom stereocenters. The molecule has 0 aliphatic rings. The Morgan fingerprint density at radius 3 is 2.23 bits per heavy atom. The van der Waals surface area contributed by atoms with Crippen LogP contribution in [0.25, 0.3) is 35.4 Å². The van der Waals surface area contributed by atoms with E-state index in [0.29, 0.717) is 5.56 Å². The van der Waals surface area contributed by atoms with Gasteiger partial charge in [0.2, 0.25) is 0 Å². The van der Waals surface area contributed by atoms with Gasteiger partial charge in [-0.2, -0.15) is 0 Å². The molecule has 0 radical (unpaired) electrons. The molecular weight excluding hydrogens is 270 g/mol. The van der Waals surface area contributed by atoms with E-state index in [1.165, 1.54) is 5.56 Å². The molecule has 2 heteroatoms. The molecule has 2 nitrogen and oxygen atoms in total. The molecule has 0 aliphatic carbocycles. The number of benzene rings is 2. The number of aryl methyl sites for hydroxylation is 1. The van der Waals surface area contributed by atoms with Crippen LogP contribution in [0.1, 0.15) is 18.1 Å². The van der Waals surface area contributed by atoms with Crippen LogP contribution >= 0.6 is 0 Å². The fourth-order valence-electron chi connectivity index (χ4n) is 2.82. The van der Waals surface area contributed by atoms with E-state index in [-0.39, 0.29) is 5.76 Å². The van der Waals surface area contributed by atoms with Gasteiger partial charge in [0.1, 0.15) is 5.76 Å². The highest BCUT2D eigenvalue weighted by molar-refractivity contribution is 5.85. The van der Waals surface area contributed by atoms with E-state index < -0.39 is 0 Å². The zero-order valence-electron chi connectivity index (χ0n) is 12.8. The Bertz CT molecular complexity index is 962. The Morgan fingerprint density at radius 1 is 1.00 bits per heavy atom. The molecule has 1 N–H and O–H groups in total. The summed E-state index contributed by atoms with van der Waals surface area (Å²) in [4.78, 5) is 0. The summed E-state index contributed by atoms with van der Waals surface area (Å²) in [6, 6.07) is 14.0. The molecule has 3 rings (SSSR count). The van der Waals surface area contributed by atoms with Gasteiger partial charge in [-0.3, -0.25) is 0 Å². The predicted molar refractivity (Wildman–Crippen MR) is 94.6 cm³/mol. The van der Waals surface area contributed by atoms with E-state index >= 15 is 0 Å². The van der Waals surface area contributed by atoms with Crippen LogP contribution in [-0.4, -0.2) is 9.67 Å². The fourth-order valence-corrected chi connectivity index (χ4v) is 2.82. The molecular formula is C20H19NO. The summed E-state index contributed by atoms with van der Waals surface area (Å²) in [5.74, 6) is 0.0708. The first-order chi connectivity index (χ1) is 10.5. The van der Waals surface area contributed by atoms with Crippen molar-refractivity contribution in [3.05, 3.63) is 70.9 Å². The first kappa shape index (κ1) is 14.2. The van der Waals surface area contributed by atoms with Crippen molar-refractivity contribution in [1.29, 1.82) is 0 Å². The van der Waals surface area contributed by atoms with Crippen LogP contribution in [0.5, 0.6) is 0 Å². The highest BCUT2D eigenvalue weighted by Gasteiger charge is 2.07. The van der Waals surface area contributed by atoms with Crippen molar-refractivity contribution in [1.82, 2.24) is 4.57 Å². The largest absolute Gasteiger partial charge is 0.508 e. The molecule has 0 bridgehead atoms. The van der Waals surface area contributed by atoms with Crippen LogP contribution in [0.15, 0.2) is 49.0 Å². The minimum Gasteiger partial charge on any atom is -0.508 e. The van der Waals surface area contributed by atoms with E-state index in [1.807, 2.05) is 28.8 Å². The predicted octanol–water partition coefficient (Wildman–Crippen LogP) is 3.54. The number of aliphatic hydroxyl groups excluding tert-OH is 1. The lowest BCUT2D eigenvalue weighted by molar-refractivity contribution is 0.514. The topological polar surface area (TPSA) is 25.2 Å². The number of nitrogens with zero attached hydrogens (tertiary/aromatic N) is 1. The van der Waals surface area contributed by atoms with Crippen molar-refractivity contribution in [2.75, 3.05) is 0 Å². The maximum Gasteiger partial charge on any atom is 0.115 e. The Hall–Kier alpha value is -2.74. The summed E-state index contributed by atoms with van der Waals surface area (Å²) in [5, 5.41) is 13.6. The van der Waals surface area contributed by atoms with Crippen LogP contribution in [0, 0.1) is 0 Å². The minimum atomic E-state index is 0.0708. The van der Waals surface area contributed by atoms with Crippen molar-refractivity contribution >= 4 is 29.7 Å². The number of fused-ring (bicyclic) bond motifs is 1. The highest BCUT2D eigenvalue weighted by atomic mass is 16.3. The molecule has 0 amide bonds. The zero-order valence-corrected chi connectivity index (χ0v) is 12.8. The molecule has 0 saturated heterocycles. The third kappa shape index (κ3) is 2.13. The first-order valence-corrected chi connectivity index (χ1v) is 7.33. The van der Waals surface area contributed by atoms with Gasteiger partial charge in [0.25, 0.3) is 0 Å². The van der Waals surface area contributed by atoms with Crippen LogP contribution in [0.4, 0.5) is 0 Å². The number of aromatic nitrogens is 1. The molecule has 0 spiro atoms. The molecule has 110 valence electrons. The van der Waals surface area contributed by atoms with Gasteiger partial charge in [0.05, 0.1) is 0 Å². The Morgan fingerprint density at radius 2 is 1.64 bits per heavy atom. The molecule has 3 aromatic rings. The monoisotopic (exact) mass is 289 g/mol. The van der Waals surface area contributed by atoms with Crippen LogP contribution in [-0.2, 0) is 6.42 Å². The third-order valence-corrected chi connectivity index (χ3v) is 4.11. The van der Waals surface area contributed by atoms with Gasteiger partial charge in [-0.05, 0) is 42.3 Å². The summed E-state index contributed by atoms with van der Waals surface area (Å²) < 4.78 is 2.05. The number of rotatable bonds is 3. The van der Waals surface area contributed by atoms with E-state index in [9.17, 15) is 5.11 Å². The Balaban J connectivity index is 2.25. The Labute approximate surface area is 130 Å². The summed E-state index contributed by atoms with van der Waals surface area (Å²) in [7, 11) is 0. The number of aliphatic hydroxyl groups is 1. The van der Waals surface area contributed by atoms with Gasteiger partial charge in [-0.25, -0.2) is 0 Å². The van der Waals surface area contributed by atoms with Gasteiger partial charge in [-0.15, -0.1) is 0 Å². The molecule has 0 fully saturated rings. The van der Waals surface area contributed by atoms with Crippen LogP contribution in [0.2, 0.25) is 0 Å². The van der Waals surface area contributed by atoms with Gasteiger partial charge in [0.15, 0.2) is 0 Å². The molecule has 1 heterocycles. The highest BCUT2D eigenvalue weighted by Crippen LogP contribution is 2.15. The molecule has 0 aliphatic heterocycles. The van der Waals surface area contributed by atoms with Crippen molar-refractivity contribution in [3.63, 3.8) is 0 Å². The molecule has 22 heavy (non-hydrogen) atoms. The number of hydrogen-bond acceptors (Lipinski definition) is 1. The van der Waals surface area contributed by atoms with Crippen LogP contribution in [0.3, 0.4) is 0 Å².